The lowest BCUT2D eigenvalue weighted by atomic mass is 10.1. The van der Waals surface area contributed by atoms with Gasteiger partial charge in [-0.2, -0.15) is 0 Å². The molecule has 1 amide bonds. The smallest absolute Gasteiger partial charge is 0.252 e. The molecular formula is C23H19BrN4OS. The van der Waals surface area contributed by atoms with Crippen LogP contribution in [0.4, 0.5) is 0 Å². The van der Waals surface area contributed by atoms with Crippen molar-refractivity contribution < 1.29 is 4.79 Å². The van der Waals surface area contributed by atoms with Crippen LogP contribution in [0.25, 0.3) is 0 Å². The highest BCUT2D eigenvalue weighted by Gasteiger charge is 2.13. The van der Waals surface area contributed by atoms with Gasteiger partial charge in [-0.15, -0.1) is 0 Å². The normalized spacial score (nSPS) is 10.7. The molecular weight excluding hydrogens is 460 g/mol. The molecule has 2 aromatic carbocycles. The summed E-state index contributed by atoms with van der Waals surface area (Å²) in [5.41, 5.74) is 2.87. The average molecular weight is 479 g/mol. The van der Waals surface area contributed by atoms with E-state index >= 15 is 0 Å². The van der Waals surface area contributed by atoms with Crippen LogP contribution in [0.5, 0.6) is 0 Å². The second-order valence-electron chi connectivity index (χ2n) is 6.60. The van der Waals surface area contributed by atoms with Crippen molar-refractivity contribution in [3.05, 3.63) is 107 Å². The van der Waals surface area contributed by atoms with Crippen LogP contribution in [0.1, 0.15) is 21.5 Å². The number of aromatic nitrogens is 3. The topological polar surface area (TPSA) is 59.8 Å². The van der Waals surface area contributed by atoms with Crippen LogP contribution >= 0.6 is 27.7 Å². The first-order chi connectivity index (χ1) is 14.7. The minimum absolute atomic E-state index is 0.104. The Hall–Kier alpha value is -2.90. The number of carbonyl (C=O) groups is 1. The van der Waals surface area contributed by atoms with Crippen LogP contribution in [0.15, 0.2) is 100.0 Å². The third-order valence-corrected chi connectivity index (χ3v) is 6.01. The molecule has 0 aliphatic heterocycles. The molecule has 0 spiro atoms. The molecule has 0 saturated heterocycles. The van der Waals surface area contributed by atoms with E-state index < -0.39 is 0 Å². The molecule has 0 atom stereocenters. The van der Waals surface area contributed by atoms with E-state index in [2.05, 4.69) is 37.3 Å². The molecule has 4 aromatic rings. The van der Waals surface area contributed by atoms with Gasteiger partial charge in [-0.05, 0) is 51.3 Å². The molecule has 30 heavy (non-hydrogen) atoms. The van der Waals surface area contributed by atoms with E-state index in [1.165, 1.54) is 11.8 Å². The number of benzene rings is 2. The number of carbonyl (C=O) groups excluding carboxylic acids is 1. The van der Waals surface area contributed by atoms with Crippen molar-refractivity contribution in [2.45, 2.75) is 23.0 Å². The Morgan fingerprint density at radius 3 is 2.60 bits per heavy atom. The van der Waals surface area contributed by atoms with Gasteiger partial charge in [0.2, 0.25) is 0 Å². The largest absolute Gasteiger partial charge is 0.348 e. The monoisotopic (exact) mass is 478 g/mol. The number of hydrogen-bond donors (Lipinski definition) is 1. The van der Waals surface area contributed by atoms with E-state index in [0.717, 1.165) is 25.5 Å². The average Bonchev–Trinajstić information content (AvgIpc) is 3.28. The standard InChI is InChI=1S/C23H19BrN4OS/c24-19-9-10-22(26-14-19)30-21-8-4-3-7-20(21)23(29)27-13-17-5-1-2-6-18(17)15-28-12-11-25-16-28/h1-12,14,16H,13,15H2,(H,27,29). The highest BCUT2D eigenvalue weighted by Crippen LogP contribution is 2.29. The maximum absolute atomic E-state index is 12.9. The number of nitrogens with one attached hydrogen (secondary N) is 1. The van der Waals surface area contributed by atoms with Gasteiger partial charge in [0.25, 0.3) is 5.91 Å². The zero-order valence-corrected chi connectivity index (χ0v) is 18.4. The Bertz CT molecular complexity index is 1130. The van der Waals surface area contributed by atoms with Crippen molar-refractivity contribution in [3.63, 3.8) is 0 Å². The summed E-state index contributed by atoms with van der Waals surface area (Å²) < 4.78 is 2.94. The van der Waals surface area contributed by atoms with Crippen molar-refractivity contribution in [2.24, 2.45) is 0 Å². The van der Waals surface area contributed by atoms with E-state index in [-0.39, 0.29) is 5.91 Å². The summed E-state index contributed by atoms with van der Waals surface area (Å²) in [6.07, 6.45) is 7.24. The van der Waals surface area contributed by atoms with Crippen molar-refractivity contribution in [3.8, 4) is 0 Å². The van der Waals surface area contributed by atoms with Gasteiger partial charge in [0.1, 0.15) is 5.03 Å². The van der Waals surface area contributed by atoms with Gasteiger partial charge in [-0.3, -0.25) is 4.79 Å². The van der Waals surface area contributed by atoms with E-state index in [1.807, 2.05) is 65.4 Å². The fraction of sp³-hybridized carbons (Fsp3) is 0.0870. The molecule has 1 N–H and O–H groups in total. The maximum Gasteiger partial charge on any atom is 0.252 e. The maximum atomic E-state index is 12.9. The van der Waals surface area contributed by atoms with Crippen molar-refractivity contribution in [1.29, 1.82) is 0 Å². The highest BCUT2D eigenvalue weighted by atomic mass is 79.9. The van der Waals surface area contributed by atoms with Crippen molar-refractivity contribution in [2.75, 3.05) is 0 Å². The molecule has 2 heterocycles. The van der Waals surface area contributed by atoms with Crippen LogP contribution in [0.3, 0.4) is 0 Å². The Balaban J connectivity index is 1.47. The van der Waals surface area contributed by atoms with E-state index in [9.17, 15) is 4.79 Å². The lowest BCUT2D eigenvalue weighted by Gasteiger charge is -2.13. The fourth-order valence-electron chi connectivity index (χ4n) is 3.01. The number of nitrogens with zero attached hydrogens (tertiary/aromatic N) is 3. The Morgan fingerprint density at radius 1 is 1.03 bits per heavy atom. The molecule has 0 bridgehead atoms. The minimum Gasteiger partial charge on any atom is -0.348 e. The van der Waals surface area contributed by atoms with Gasteiger partial charge < -0.3 is 9.88 Å². The molecule has 0 unspecified atom stereocenters. The molecule has 0 radical (unpaired) electrons. The number of imidazole rings is 1. The first kappa shape index (κ1) is 20.4. The third-order valence-electron chi connectivity index (χ3n) is 4.52. The number of hydrogen-bond acceptors (Lipinski definition) is 4. The zero-order chi connectivity index (χ0) is 20.8. The van der Waals surface area contributed by atoms with Crippen LogP contribution in [-0.4, -0.2) is 20.4 Å². The quantitative estimate of drug-likeness (QED) is 0.397. The Labute approximate surface area is 187 Å². The number of pyridine rings is 1. The summed E-state index contributed by atoms with van der Waals surface area (Å²) in [5, 5.41) is 3.90. The fourth-order valence-corrected chi connectivity index (χ4v) is 4.13. The summed E-state index contributed by atoms with van der Waals surface area (Å²) >= 11 is 4.87. The molecule has 0 saturated carbocycles. The van der Waals surface area contributed by atoms with E-state index in [4.69, 9.17) is 0 Å². The van der Waals surface area contributed by atoms with Crippen LogP contribution in [-0.2, 0) is 13.1 Å². The van der Waals surface area contributed by atoms with Crippen LogP contribution < -0.4 is 5.32 Å². The SMILES string of the molecule is O=C(NCc1ccccc1Cn1ccnc1)c1ccccc1Sc1ccc(Br)cn1. The number of amides is 1. The van der Waals surface area contributed by atoms with Crippen LogP contribution in [0.2, 0.25) is 0 Å². The summed E-state index contributed by atoms with van der Waals surface area (Å²) in [4.78, 5) is 22.3. The van der Waals surface area contributed by atoms with Gasteiger partial charge in [0, 0.05) is 41.0 Å². The first-order valence-corrected chi connectivity index (χ1v) is 11.0. The minimum atomic E-state index is -0.104. The van der Waals surface area contributed by atoms with Gasteiger partial charge in [0.15, 0.2) is 0 Å². The molecule has 0 aliphatic carbocycles. The number of rotatable bonds is 7. The molecule has 0 aliphatic rings. The molecule has 2 aromatic heterocycles. The lowest BCUT2D eigenvalue weighted by molar-refractivity contribution is 0.0948. The number of halogens is 1. The predicted octanol–water partition coefficient (Wildman–Crippen LogP) is 5.17. The second-order valence-corrected chi connectivity index (χ2v) is 8.58. The third kappa shape index (κ3) is 5.17. The van der Waals surface area contributed by atoms with Crippen LogP contribution in [0, 0.1) is 0 Å². The summed E-state index contributed by atoms with van der Waals surface area (Å²) in [5.74, 6) is -0.104. The second kappa shape index (κ2) is 9.73. The lowest BCUT2D eigenvalue weighted by Crippen LogP contribution is -2.24. The van der Waals surface area contributed by atoms with Gasteiger partial charge >= 0.3 is 0 Å². The molecule has 5 nitrogen and oxygen atoms in total. The van der Waals surface area contributed by atoms with Gasteiger partial charge in [-0.25, -0.2) is 9.97 Å². The van der Waals surface area contributed by atoms with Gasteiger partial charge in [0.05, 0.1) is 11.9 Å². The summed E-state index contributed by atoms with van der Waals surface area (Å²) in [7, 11) is 0. The van der Waals surface area contributed by atoms with E-state index in [0.29, 0.717) is 18.7 Å². The van der Waals surface area contributed by atoms with Crippen molar-refractivity contribution >= 4 is 33.6 Å². The van der Waals surface area contributed by atoms with Gasteiger partial charge in [-0.1, -0.05) is 48.2 Å². The molecule has 150 valence electrons. The predicted molar refractivity (Wildman–Crippen MR) is 121 cm³/mol. The first-order valence-electron chi connectivity index (χ1n) is 9.38. The summed E-state index contributed by atoms with van der Waals surface area (Å²) in [6.45, 7) is 1.17. The van der Waals surface area contributed by atoms with Crippen molar-refractivity contribution in [1.82, 2.24) is 19.9 Å². The Morgan fingerprint density at radius 2 is 1.83 bits per heavy atom. The Kier molecular flexibility index (Phi) is 6.61. The zero-order valence-electron chi connectivity index (χ0n) is 16.0. The molecule has 4 rings (SSSR count). The molecule has 0 fully saturated rings. The summed E-state index contributed by atoms with van der Waals surface area (Å²) in [6, 6.07) is 19.6. The van der Waals surface area contributed by atoms with E-state index in [1.54, 1.807) is 18.7 Å². The highest BCUT2D eigenvalue weighted by molar-refractivity contribution is 9.10. The molecule has 7 heteroatoms.